The molecule has 7 heteroatoms. The summed E-state index contributed by atoms with van der Waals surface area (Å²) in [5, 5.41) is 1.07. The summed E-state index contributed by atoms with van der Waals surface area (Å²) in [4.78, 5) is 26.3. The van der Waals surface area contributed by atoms with Crippen molar-refractivity contribution < 1.29 is 13.9 Å². The molecule has 1 saturated heterocycles. The molecule has 6 nitrogen and oxygen atoms in total. The number of pyridine rings is 1. The Hall–Kier alpha value is -3.48. The zero-order valence-electron chi connectivity index (χ0n) is 19.3. The number of amides is 1. The van der Waals surface area contributed by atoms with E-state index in [2.05, 4.69) is 16.0 Å². The molecule has 1 fully saturated rings. The number of hydrogen-bond donors (Lipinski definition) is 1. The van der Waals surface area contributed by atoms with E-state index in [1.807, 2.05) is 36.5 Å². The van der Waals surface area contributed by atoms with E-state index < -0.39 is 0 Å². The molecular weight excluding hydrogens is 431 g/mol. The fraction of sp³-hybridized carbons (Fsp3) is 0.370. The maximum Gasteiger partial charge on any atom is 0.409 e. The largest absolute Gasteiger partial charge is 0.450 e. The van der Waals surface area contributed by atoms with Gasteiger partial charge in [0.05, 0.1) is 12.3 Å². The predicted octanol–water partition coefficient (Wildman–Crippen LogP) is 5.92. The summed E-state index contributed by atoms with van der Waals surface area (Å²) in [6, 6.07) is 10.7. The number of likely N-dealkylation sites (tertiary alicyclic amines) is 1. The Morgan fingerprint density at radius 2 is 1.94 bits per heavy atom. The van der Waals surface area contributed by atoms with Crippen molar-refractivity contribution in [2.75, 3.05) is 19.7 Å². The van der Waals surface area contributed by atoms with Gasteiger partial charge in [-0.15, -0.1) is 0 Å². The van der Waals surface area contributed by atoms with E-state index in [9.17, 15) is 9.18 Å². The molecule has 4 heterocycles. The second-order valence-electron chi connectivity index (χ2n) is 8.96. The van der Waals surface area contributed by atoms with Crippen molar-refractivity contribution in [3.05, 3.63) is 65.7 Å². The molecule has 0 aliphatic carbocycles. The van der Waals surface area contributed by atoms with Gasteiger partial charge >= 0.3 is 6.09 Å². The molecule has 0 saturated carbocycles. The van der Waals surface area contributed by atoms with Crippen LogP contribution in [0.25, 0.3) is 22.3 Å². The second kappa shape index (κ2) is 9.79. The second-order valence-corrected chi connectivity index (χ2v) is 8.96. The lowest BCUT2D eigenvalue weighted by Gasteiger charge is -2.31. The van der Waals surface area contributed by atoms with Crippen molar-refractivity contribution in [1.82, 2.24) is 14.9 Å². The van der Waals surface area contributed by atoms with Crippen molar-refractivity contribution in [3.8, 4) is 0 Å². The summed E-state index contributed by atoms with van der Waals surface area (Å²) in [7, 11) is 0. The summed E-state index contributed by atoms with van der Waals surface area (Å²) >= 11 is 0. The first-order valence-electron chi connectivity index (χ1n) is 12.0. The number of aliphatic imine (C=N–C) groups is 1. The van der Waals surface area contributed by atoms with E-state index in [1.54, 1.807) is 12.1 Å². The lowest BCUT2D eigenvalue weighted by molar-refractivity contribution is 0.0906. The Kier molecular flexibility index (Phi) is 6.43. The minimum atomic E-state index is -0.254. The number of H-pyrrole nitrogens is 1. The lowest BCUT2D eigenvalue weighted by Crippen LogP contribution is -2.38. The Morgan fingerprint density at radius 1 is 1.15 bits per heavy atom. The number of rotatable bonds is 6. The van der Waals surface area contributed by atoms with E-state index in [0.717, 1.165) is 66.6 Å². The van der Waals surface area contributed by atoms with E-state index in [0.29, 0.717) is 12.5 Å². The predicted molar refractivity (Wildman–Crippen MR) is 132 cm³/mol. The maximum absolute atomic E-state index is 13.6. The number of hydrogen-bond acceptors (Lipinski definition) is 4. The molecule has 1 N–H and O–H groups in total. The summed E-state index contributed by atoms with van der Waals surface area (Å²) in [6.45, 7) is 3.75. The zero-order valence-corrected chi connectivity index (χ0v) is 19.3. The first-order valence-corrected chi connectivity index (χ1v) is 12.0. The molecular formula is C27H29FN4O2. The molecule has 5 rings (SSSR count). The number of allylic oxidation sites excluding steroid dienone is 1. The number of aromatic amines is 1. The average Bonchev–Trinajstić information content (AvgIpc) is 3.51. The third-order valence-corrected chi connectivity index (χ3v) is 6.90. The number of aromatic nitrogens is 2. The SMILES string of the molecule is CCOC(=O)N1CCC(CCC2C=NC(c3ccc(F)cc3)=C2c2ccnc3[nH]ccc23)CC1. The van der Waals surface area contributed by atoms with Gasteiger partial charge in [0, 0.05) is 48.6 Å². The van der Waals surface area contributed by atoms with Crippen LogP contribution >= 0.6 is 0 Å². The molecule has 1 amide bonds. The number of benzene rings is 1. The van der Waals surface area contributed by atoms with Gasteiger partial charge in [-0.2, -0.15) is 0 Å². The highest BCUT2D eigenvalue weighted by atomic mass is 19.1. The number of halogens is 1. The van der Waals surface area contributed by atoms with Crippen LogP contribution in [0.3, 0.4) is 0 Å². The lowest BCUT2D eigenvalue weighted by atomic mass is 9.83. The Morgan fingerprint density at radius 3 is 2.71 bits per heavy atom. The quantitative estimate of drug-likeness (QED) is 0.496. The van der Waals surface area contributed by atoms with Crippen molar-refractivity contribution in [3.63, 3.8) is 0 Å². The molecule has 2 aliphatic heterocycles. The van der Waals surface area contributed by atoms with Gasteiger partial charge in [0.25, 0.3) is 0 Å². The smallest absolute Gasteiger partial charge is 0.409 e. The van der Waals surface area contributed by atoms with Crippen LogP contribution in [0.4, 0.5) is 9.18 Å². The van der Waals surface area contributed by atoms with Crippen LogP contribution in [0.1, 0.15) is 43.7 Å². The Bertz CT molecular complexity index is 1220. The third-order valence-electron chi connectivity index (χ3n) is 6.90. The van der Waals surface area contributed by atoms with Crippen molar-refractivity contribution in [1.29, 1.82) is 0 Å². The fourth-order valence-electron chi connectivity index (χ4n) is 5.10. The fourth-order valence-corrected chi connectivity index (χ4v) is 5.10. The van der Waals surface area contributed by atoms with Gasteiger partial charge in [-0.25, -0.2) is 14.2 Å². The standard InChI is InChI=1S/C27H29FN4O2/c1-2-34-27(33)32-15-11-18(12-16-32)3-4-20-17-31-25(19-5-7-21(28)8-6-19)24(20)22-9-13-29-26-23(22)10-14-30-26/h5-10,13-14,17-18,20H,2-4,11-12,15-16H2,1H3,(H,29,30). The highest BCUT2D eigenvalue weighted by molar-refractivity contribution is 6.08. The topological polar surface area (TPSA) is 70.6 Å². The molecule has 3 aromatic rings. The molecule has 2 aliphatic rings. The van der Waals surface area contributed by atoms with Crippen molar-refractivity contribution in [2.45, 2.75) is 32.6 Å². The average molecular weight is 461 g/mol. The van der Waals surface area contributed by atoms with Gasteiger partial charge in [-0.3, -0.25) is 4.99 Å². The monoisotopic (exact) mass is 460 g/mol. The van der Waals surface area contributed by atoms with Gasteiger partial charge in [-0.1, -0.05) is 0 Å². The summed E-state index contributed by atoms with van der Waals surface area (Å²) in [6.07, 6.45) is 9.59. The molecule has 2 aromatic heterocycles. The molecule has 34 heavy (non-hydrogen) atoms. The van der Waals surface area contributed by atoms with Crippen LogP contribution in [0.5, 0.6) is 0 Å². The van der Waals surface area contributed by atoms with Crippen LogP contribution in [-0.4, -0.2) is 46.9 Å². The van der Waals surface area contributed by atoms with Crippen LogP contribution < -0.4 is 0 Å². The molecule has 0 radical (unpaired) electrons. The number of nitrogens with zero attached hydrogens (tertiary/aromatic N) is 3. The summed E-state index contributed by atoms with van der Waals surface area (Å²) in [5.74, 6) is 0.485. The maximum atomic E-state index is 13.6. The molecule has 1 atom stereocenters. The first kappa shape index (κ1) is 22.3. The summed E-state index contributed by atoms with van der Waals surface area (Å²) in [5.41, 5.74) is 4.95. The first-order chi connectivity index (χ1) is 16.6. The highest BCUT2D eigenvalue weighted by Gasteiger charge is 2.29. The minimum absolute atomic E-state index is 0.170. The van der Waals surface area contributed by atoms with Gasteiger partial charge in [-0.05, 0) is 86.1 Å². The van der Waals surface area contributed by atoms with Crippen molar-refractivity contribution in [2.24, 2.45) is 16.8 Å². The van der Waals surface area contributed by atoms with Crippen LogP contribution in [0, 0.1) is 17.7 Å². The van der Waals surface area contributed by atoms with E-state index >= 15 is 0 Å². The molecule has 1 unspecified atom stereocenters. The van der Waals surface area contributed by atoms with E-state index in [-0.39, 0.29) is 17.8 Å². The number of piperidine rings is 1. The van der Waals surface area contributed by atoms with Gasteiger partial charge in [0.2, 0.25) is 0 Å². The molecule has 0 spiro atoms. The normalized spacial score (nSPS) is 18.8. The number of nitrogens with one attached hydrogen (secondary N) is 1. The third kappa shape index (κ3) is 4.47. The van der Waals surface area contributed by atoms with Gasteiger partial charge in [0.15, 0.2) is 0 Å². The zero-order chi connectivity index (χ0) is 23.5. The Balaban J connectivity index is 1.37. The van der Waals surface area contributed by atoms with E-state index in [1.165, 1.54) is 17.7 Å². The van der Waals surface area contributed by atoms with E-state index in [4.69, 9.17) is 9.73 Å². The number of ether oxygens (including phenoxy) is 1. The molecule has 1 aromatic carbocycles. The minimum Gasteiger partial charge on any atom is -0.450 e. The summed E-state index contributed by atoms with van der Waals surface area (Å²) < 4.78 is 18.7. The van der Waals surface area contributed by atoms with Gasteiger partial charge < -0.3 is 14.6 Å². The van der Waals surface area contributed by atoms with Crippen LogP contribution in [0.2, 0.25) is 0 Å². The Labute approximate surface area is 198 Å². The van der Waals surface area contributed by atoms with Crippen molar-refractivity contribution >= 4 is 34.6 Å². The van der Waals surface area contributed by atoms with Crippen LogP contribution in [-0.2, 0) is 4.74 Å². The molecule has 176 valence electrons. The number of fused-ring (bicyclic) bond motifs is 1. The van der Waals surface area contributed by atoms with Crippen LogP contribution in [0.15, 0.2) is 53.8 Å². The van der Waals surface area contributed by atoms with Gasteiger partial charge in [0.1, 0.15) is 11.5 Å². The molecule has 0 bridgehead atoms. The number of carbonyl (C=O) groups excluding carboxylic acids is 1. The highest BCUT2D eigenvalue weighted by Crippen LogP contribution is 2.42. The number of carbonyl (C=O) groups is 1.